The molecule has 0 fully saturated rings. The molecule has 5 aromatic carbocycles. The monoisotopic (exact) mass is 1220 g/mol. The molecular weight excluding hydrogens is 1140 g/mol. The molecule has 89 heavy (non-hydrogen) atoms. The predicted molar refractivity (Wildman–Crippen MR) is 329 cm³/mol. The Morgan fingerprint density at radius 1 is 0.652 bits per heavy atom. The quantitative estimate of drug-likeness (QED) is 0.0297. The highest BCUT2D eigenvalue weighted by atomic mass is 16.6. The standard InChI is InChI=1S/C67H76N8O14/c1-40(2)61(71-58(76)20-8-6-13-27-72-59(77)25-26-60(72)78)63(80)69-41(3)62(79)70-47-23-21-42(22-24-47)39-89-67(84)75-52-35-57(55(86-5)33-50(52)65(82)74-38-46-19-12-10-17-44(46)31-53(74)66(75)83)88-29-15-7-14-28-87-56-34-51-49(32-54(56)85-4)64(81)73-37-45-18-11-9-16-43(45)30-48(73)36-68-51/h9-12,16-19,21-26,32-35,40-41,48,53,61,66,68,83H,6-8,13-15,20,27-31,36-39H2,1-5H3,(H,69,80)(H,70,79)(H,71,76)/t41-,48-,53-,61-,66?/m0/s1. The van der Waals surface area contributed by atoms with E-state index >= 15 is 0 Å². The van der Waals surface area contributed by atoms with E-state index in [1.807, 2.05) is 47.4 Å². The van der Waals surface area contributed by atoms with Crippen LogP contribution < -0.4 is 45.1 Å². The van der Waals surface area contributed by atoms with Gasteiger partial charge in [-0.05, 0) is 110 Å². The highest BCUT2D eigenvalue weighted by Crippen LogP contribution is 2.43. The maximum absolute atomic E-state index is 14.7. The first-order chi connectivity index (χ1) is 43.0. The van der Waals surface area contributed by atoms with E-state index in [4.69, 9.17) is 23.7 Å². The second-order valence-electron chi connectivity index (χ2n) is 23.3. The van der Waals surface area contributed by atoms with Gasteiger partial charge in [-0.25, -0.2) is 9.69 Å². The molecule has 22 nitrogen and oxygen atoms in total. The van der Waals surface area contributed by atoms with E-state index in [-0.39, 0.29) is 97.5 Å². The Labute approximate surface area is 516 Å². The van der Waals surface area contributed by atoms with Gasteiger partial charge in [-0.2, -0.15) is 0 Å². The first-order valence-corrected chi connectivity index (χ1v) is 30.4. The highest BCUT2D eigenvalue weighted by Gasteiger charge is 2.46. The average molecular weight is 1220 g/mol. The van der Waals surface area contributed by atoms with Crippen molar-refractivity contribution < 1.29 is 67.1 Å². The van der Waals surface area contributed by atoms with Crippen LogP contribution in [0.2, 0.25) is 0 Å². The van der Waals surface area contributed by atoms with Crippen molar-refractivity contribution >= 4 is 64.5 Å². The van der Waals surface area contributed by atoms with Crippen molar-refractivity contribution in [2.24, 2.45) is 5.92 Å². The molecule has 0 aromatic heterocycles. The molecule has 5 heterocycles. The van der Waals surface area contributed by atoms with Crippen LogP contribution in [0, 0.1) is 5.92 Å². The summed E-state index contributed by atoms with van der Waals surface area (Å²) in [7, 11) is 3.01. The number of imide groups is 1. The van der Waals surface area contributed by atoms with Crippen molar-refractivity contribution in [3.8, 4) is 23.0 Å². The molecule has 22 heteroatoms. The van der Waals surface area contributed by atoms with Gasteiger partial charge < -0.3 is 59.9 Å². The minimum atomic E-state index is -1.55. The van der Waals surface area contributed by atoms with Crippen molar-refractivity contribution in [2.75, 3.05) is 56.1 Å². The molecule has 5 N–H and O–H groups in total. The van der Waals surface area contributed by atoms with Crippen LogP contribution in [0.15, 0.2) is 109 Å². The Morgan fingerprint density at radius 3 is 1.90 bits per heavy atom. The maximum atomic E-state index is 14.7. The second kappa shape index (κ2) is 28.2. The number of aliphatic hydroxyl groups excluding tert-OH is 1. The molecule has 5 aliphatic rings. The van der Waals surface area contributed by atoms with E-state index < -0.39 is 48.2 Å². The van der Waals surface area contributed by atoms with Crippen LogP contribution in [-0.4, -0.2) is 138 Å². The lowest BCUT2D eigenvalue weighted by Gasteiger charge is -2.39. The molecule has 5 atom stereocenters. The van der Waals surface area contributed by atoms with Gasteiger partial charge in [0.25, 0.3) is 23.6 Å². The van der Waals surface area contributed by atoms with Crippen LogP contribution in [0.1, 0.15) is 114 Å². The smallest absolute Gasteiger partial charge is 0.416 e. The second-order valence-corrected chi connectivity index (χ2v) is 23.3. The number of nitrogens with zero attached hydrogens (tertiary/aromatic N) is 4. The van der Waals surface area contributed by atoms with Crippen LogP contribution in [0.3, 0.4) is 0 Å². The molecular formula is C67H76N8O14. The first-order valence-electron chi connectivity index (χ1n) is 30.4. The molecule has 5 aliphatic heterocycles. The van der Waals surface area contributed by atoms with Gasteiger partial charge in [-0.15, -0.1) is 0 Å². The fourth-order valence-corrected chi connectivity index (χ4v) is 11.9. The number of ether oxygens (including phenoxy) is 5. The Balaban J connectivity index is 0.736. The zero-order chi connectivity index (χ0) is 62.9. The summed E-state index contributed by atoms with van der Waals surface area (Å²) in [4.78, 5) is 112. The van der Waals surface area contributed by atoms with Crippen LogP contribution in [0.25, 0.3) is 0 Å². The first kappa shape index (κ1) is 62.6. The summed E-state index contributed by atoms with van der Waals surface area (Å²) in [6.07, 6.45) is 4.72. The molecule has 1 unspecified atom stereocenters. The van der Waals surface area contributed by atoms with Crippen molar-refractivity contribution in [2.45, 2.75) is 129 Å². The largest absolute Gasteiger partial charge is 0.493 e. The fourth-order valence-electron chi connectivity index (χ4n) is 11.9. The van der Waals surface area contributed by atoms with Crippen LogP contribution in [0.4, 0.5) is 21.9 Å². The number of carbonyl (C=O) groups excluding carboxylic acids is 8. The van der Waals surface area contributed by atoms with Gasteiger partial charge in [0.15, 0.2) is 29.2 Å². The third kappa shape index (κ3) is 14.3. The normalized spacial score (nSPS) is 17.9. The van der Waals surface area contributed by atoms with Gasteiger partial charge in [0.1, 0.15) is 18.7 Å². The molecule has 0 spiro atoms. The zero-order valence-electron chi connectivity index (χ0n) is 50.7. The molecule has 0 bridgehead atoms. The van der Waals surface area contributed by atoms with E-state index in [9.17, 15) is 43.5 Å². The lowest BCUT2D eigenvalue weighted by atomic mass is 9.93. The lowest BCUT2D eigenvalue weighted by Crippen LogP contribution is -2.55. The molecule has 0 aliphatic carbocycles. The van der Waals surface area contributed by atoms with E-state index in [0.29, 0.717) is 92.2 Å². The number of aliphatic hydroxyl groups is 1. The molecule has 0 radical (unpaired) electrons. The summed E-state index contributed by atoms with van der Waals surface area (Å²) in [5, 5.41) is 24.0. The highest BCUT2D eigenvalue weighted by molar-refractivity contribution is 6.13. The number of nitrogens with one attached hydrogen (secondary N) is 4. The van der Waals surface area contributed by atoms with Crippen LogP contribution in [-0.2, 0) is 61.2 Å². The number of rotatable bonds is 24. The van der Waals surface area contributed by atoms with Crippen molar-refractivity contribution in [1.82, 2.24) is 25.3 Å². The predicted octanol–water partition coefficient (Wildman–Crippen LogP) is 7.44. The number of unbranched alkanes of at least 4 members (excludes halogenated alkanes) is 4. The van der Waals surface area contributed by atoms with E-state index in [2.05, 4.69) is 33.4 Å². The van der Waals surface area contributed by atoms with Gasteiger partial charge in [-0.1, -0.05) is 80.9 Å². The number of carbonyl (C=O) groups is 8. The maximum Gasteiger partial charge on any atom is 0.416 e. The van der Waals surface area contributed by atoms with Gasteiger partial charge >= 0.3 is 6.09 Å². The Hall–Kier alpha value is -9.44. The van der Waals surface area contributed by atoms with E-state index in [0.717, 1.165) is 32.9 Å². The molecule has 5 aromatic rings. The minimum Gasteiger partial charge on any atom is -0.493 e. The van der Waals surface area contributed by atoms with Gasteiger partial charge in [0.2, 0.25) is 17.7 Å². The van der Waals surface area contributed by atoms with Crippen LogP contribution >= 0.6 is 0 Å². The third-order valence-corrected chi connectivity index (χ3v) is 16.9. The SMILES string of the molecule is COc1cc2c(cc1OCCCCCOc1cc3c(cc1OC)C(=O)N1Cc4ccccc4C[C@H]1C(O)N3C(=O)OCc1ccc(NC(=O)[C@H](C)NC(=O)[C@@H](NC(=O)CCCCCN3C(=O)C=CC3=O)C(C)C)cc1)NC[C@@H]1Cc3ccccc3CN1C2=O. The van der Waals surface area contributed by atoms with Gasteiger partial charge in [0.05, 0.1) is 62.0 Å². The summed E-state index contributed by atoms with van der Waals surface area (Å²) in [5.41, 5.74) is 6.58. The fraction of sp³-hybridized carbons (Fsp3) is 0.403. The zero-order valence-corrected chi connectivity index (χ0v) is 50.7. The summed E-state index contributed by atoms with van der Waals surface area (Å²) in [6.45, 7) is 7.02. The summed E-state index contributed by atoms with van der Waals surface area (Å²) < 4.78 is 30.0. The van der Waals surface area contributed by atoms with E-state index in [1.165, 1.54) is 43.9 Å². The average Bonchev–Trinajstić information content (AvgIpc) is 1.70. The number of fused-ring (bicyclic) bond motifs is 6. The minimum absolute atomic E-state index is 0.00867. The Bertz CT molecular complexity index is 3520. The number of amides is 8. The number of anilines is 3. The number of methoxy groups -OCH3 is 2. The summed E-state index contributed by atoms with van der Waals surface area (Å²) in [6, 6.07) is 26.3. The number of hydrogen-bond donors (Lipinski definition) is 5. The number of benzene rings is 5. The topological polar surface area (TPSA) is 264 Å². The van der Waals surface area contributed by atoms with E-state index in [1.54, 1.807) is 56.2 Å². The number of hydrogen-bond acceptors (Lipinski definition) is 15. The Kier molecular flexibility index (Phi) is 19.8. The summed E-state index contributed by atoms with van der Waals surface area (Å²) in [5.74, 6) is -1.40. The third-order valence-electron chi connectivity index (χ3n) is 16.9. The van der Waals surface area contributed by atoms with Crippen LogP contribution in [0.5, 0.6) is 23.0 Å². The Morgan fingerprint density at radius 2 is 1.25 bits per heavy atom. The molecule has 10 rings (SSSR count). The van der Waals surface area contributed by atoms with Crippen molar-refractivity contribution in [3.63, 3.8) is 0 Å². The van der Waals surface area contributed by atoms with Gasteiger partial charge in [0, 0.05) is 62.6 Å². The van der Waals surface area contributed by atoms with Gasteiger partial charge in [-0.3, -0.25) is 38.5 Å². The summed E-state index contributed by atoms with van der Waals surface area (Å²) >= 11 is 0. The molecule has 468 valence electrons. The van der Waals surface area contributed by atoms with Crippen molar-refractivity contribution in [3.05, 3.63) is 148 Å². The molecule has 0 saturated carbocycles. The lowest BCUT2D eigenvalue weighted by molar-refractivity contribution is -0.137. The molecule has 0 saturated heterocycles. The molecule has 8 amide bonds. The van der Waals surface area contributed by atoms with Crippen molar-refractivity contribution in [1.29, 1.82) is 0 Å².